The first-order valence-electron chi connectivity index (χ1n) is 8.71. The van der Waals surface area contributed by atoms with Crippen molar-refractivity contribution in [1.82, 2.24) is 15.3 Å². The number of nitrogens with zero attached hydrogens (tertiary/aromatic N) is 2. The van der Waals surface area contributed by atoms with E-state index < -0.39 is 0 Å². The van der Waals surface area contributed by atoms with E-state index in [1.54, 1.807) is 6.07 Å². The van der Waals surface area contributed by atoms with Gasteiger partial charge in [0.25, 0.3) is 0 Å². The number of hydrogen-bond acceptors (Lipinski definition) is 5. The van der Waals surface area contributed by atoms with Gasteiger partial charge < -0.3 is 11.1 Å². The minimum atomic E-state index is -0.360. The molecule has 1 atom stereocenters. The molecule has 1 unspecified atom stereocenters. The van der Waals surface area contributed by atoms with Crippen molar-refractivity contribution in [3.05, 3.63) is 83.6 Å². The molecule has 0 radical (unpaired) electrons. The number of hydrogen-bond donors (Lipinski definition) is 2. The van der Waals surface area contributed by atoms with Gasteiger partial charge in [0.1, 0.15) is 5.82 Å². The van der Waals surface area contributed by atoms with Crippen molar-refractivity contribution < 1.29 is 4.79 Å². The van der Waals surface area contributed by atoms with E-state index in [-0.39, 0.29) is 17.2 Å². The molecule has 3 N–H and O–H groups in total. The highest BCUT2D eigenvalue weighted by Gasteiger charge is 2.22. The Balaban J connectivity index is 1.78. The van der Waals surface area contributed by atoms with Gasteiger partial charge in [0.2, 0.25) is 5.91 Å². The SMILES string of the molecule is Cc1cc(N)nc(SC(C)C(=O)NC(c2ccccc2)c2ccccc2)n1. The highest BCUT2D eigenvalue weighted by Crippen LogP contribution is 2.25. The Bertz CT molecular complexity index is 843. The van der Waals surface area contributed by atoms with Gasteiger partial charge in [-0.15, -0.1) is 0 Å². The van der Waals surface area contributed by atoms with Crippen molar-refractivity contribution in [1.29, 1.82) is 0 Å². The van der Waals surface area contributed by atoms with Gasteiger partial charge in [0.15, 0.2) is 5.16 Å². The van der Waals surface area contributed by atoms with Gasteiger partial charge in [0.05, 0.1) is 11.3 Å². The third-order valence-electron chi connectivity index (χ3n) is 4.06. The highest BCUT2D eigenvalue weighted by molar-refractivity contribution is 8.00. The van der Waals surface area contributed by atoms with E-state index in [1.165, 1.54) is 11.8 Å². The van der Waals surface area contributed by atoms with Crippen LogP contribution in [0.4, 0.5) is 5.82 Å². The molecule has 3 aromatic rings. The Hall–Kier alpha value is -2.86. The zero-order chi connectivity index (χ0) is 19.2. The molecule has 0 saturated carbocycles. The summed E-state index contributed by atoms with van der Waals surface area (Å²) in [6.45, 7) is 3.70. The normalized spacial score (nSPS) is 12.0. The van der Waals surface area contributed by atoms with Crippen LogP contribution in [0.2, 0.25) is 0 Å². The number of thioether (sulfide) groups is 1. The molecule has 1 heterocycles. The lowest BCUT2D eigenvalue weighted by Crippen LogP contribution is -2.35. The lowest BCUT2D eigenvalue weighted by Gasteiger charge is -2.22. The van der Waals surface area contributed by atoms with Gasteiger partial charge in [-0.3, -0.25) is 4.79 Å². The molecule has 0 bridgehead atoms. The standard InChI is InChI=1S/C21H22N4OS/c1-14-13-18(22)24-21(23-14)27-15(2)20(26)25-19(16-9-5-3-6-10-16)17-11-7-4-8-12-17/h3-13,15,19H,1-2H3,(H,25,26)(H2,22,23,24). The molecule has 5 nitrogen and oxygen atoms in total. The first-order valence-corrected chi connectivity index (χ1v) is 9.59. The third kappa shape index (κ3) is 5.08. The Labute approximate surface area is 163 Å². The van der Waals surface area contributed by atoms with Crippen LogP contribution >= 0.6 is 11.8 Å². The van der Waals surface area contributed by atoms with Crippen molar-refractivity contribution in [3.63, 3.8) is 0 Å². The minimum Gasteiger partial charge on any atom is -0.384 e. The average Bonchev–Trinajstić information content (AvgIpc) is 2.66. The molecule has 1 aromatic heterocycles. The number of aryl methyl sites for hydroxylation is 1. The number of rotatable bonds is 6. The lowest BCUT2D eigenvalue weighted by molar-refractivity contribution is -0.120. The highest BCUT2D eigenvalue weighted by atomic mass is 32.2. The molecule has 0 aliphatic carbocycles. The summed E-state index contributed by atoms with van der Waals surface area (Å²) in [4.78, 5) is 21.4. The molecule has 1 amide bonds. The first kappa shape index (κ1) is 18.9. The van der Waals surface area contributed by atoms with Crippen LogP contribution in [0, 0.1) is 6.92 Å². The molecule has 0 aliphatic rings. The predicted octanol–water partition coefficient (Wildman–Crippen LogP) is 3.75. The predicted molar refractivity (Wildman–Crippen MR) is 109 cm³/mol. The van der Waals surface area contributed by atoms with Crippen molar-refractivity contribution >= 4 is 23.5 Å². The van der Waals surface area contributed by atoms with Crippen LogP contribution in [0.25, 0.3) is 0 Å². The number of nitrogens with one attached hydrogen (secondary N) is 1. The summed E-state index contributed by atoms with van der Waals surface area (Å²) in [5.74, 6) is 0.324. The van der Waals surface area contributed by atoms with Gasteiger partial charge in [0, 0.05) is 11.8 Å². The quantitative estimate of drug-likeness (QED) is 0.504. The molecule has 2 aromatic carbocycles. The van der Waals surface area contributed by atoms with E-state index in [9.17, 15) is 4.79 Å². The summed E-state index contributed by atoms with van der Waals surface area (Å²) < 4.78 is 0. The van der Waals surface area contributed by atoms with Gasteiger partial charge in [-0.05, 0) is 25.0 Å². The Kier molecular flexibility index (Phi) is 6.08. The largest absolute Gasteiger partial charge is 0.384 e. The molecule has 0 saturated heterocycles. The van der Waals surface area contributed by atoms with Crippen LogP contribution in [-0.2, 0) is 4.79 Å². The minimum absolute atomic E-state index is 0.0821. The number of nitrogen functional groups attached to an aromatic ring is 1. The maximum Gasteiger partial charge on any atom is 0.234 e. The number of anilines is 1. The molecule has 0 aliphatic heterocycles. The second-order valence-corrected chi connectivity index (χ2v) is 7.55. The summed E-state index contributed by atoms with van der Waals surface area (Å²) in [7, 11) is 0. The summed E-state index contributed by atoms with van der Waals surface area (Å²) in [6, 6.07) is 21.4. The van der Waals surface area contributed by atoms with Gasteiger partial charge in [-0.2, -0.15) is 0 Å². The maximum absolute atomic E-state index is 12.9. The second kappa shape index (κ2) is 8.68. The maximum atomic E-state index is 12.9. The molecule has 6 heteroatoms. The summed E-state index contributed by atoms with van der Waals surface area (Å²) in [5.41, 5.74) is 8.63. The zero-order valence-electron chi connectivity index (χ0n) is 15.3. The molecule has 27 heavy (non-hydrogen) atoms. The number of carbonyl (C=O) groups is 1. The van der Waals surface area contributed by atoms with Crippen LogP contribution in [-0.4, -0.2) is 21.1 Å². The molecular formula is C21H22N4OS. The Morgan fingerprint density at radius 2 is 1.56 bits per heavy atom. The van der Waals surface area contributed by atoms with E-state index in [0.29, 0.717) is 11.0 Å². The Morgan fingerprint density at radius 1 is 1.00 bits per heavy atom. The molecule has 138 valence electrons. The van der Waals surface area contributed by atoms with Gasteiger partial charge >= 0.3 is 0 Å². The summed E-state index contributed by atoms with van der Waals surface area (Å²) in [5, 5.41) is 3.30. The van der Waals surface area contributed by atoms with Crippen molar-refractivity contribution in [2.75, 3.05) is 5.73 Å². The van der Waals surface area contributed by atoms with Crippen LogP contribution in [0.5, 0.6) is 0 Å². The third-order valence-corrected chi connectivity index (χ3v) is 5.02. The summed E-state index contributed by atoms with van der Waals surface area (Å²) >= 11 is 1.30. The smallest absolute Gasteiger partial charge is 0.234 e. The number of nitrogens with two attached hydrogens (primary N) is 1. The van der Waals surface area contributed by atoms with Crippen molar-refractivity contribution in [2.24, 2.45) is 0 Å². The van der Waals surface area contributed by atoms with E-state index in [0.717, 1.165) is 16.8 Å². The fourth-order valence-corrected chi connectivity index (χ4v) is 3.59. The van der Waals surface area contributed by atoms with E-state index in [2.05, 4.69) is 15.3 Å². The fourth-order valence-electron chi connectivity index (χ4n) is 2.74. The number of amides is 1. The number of carbonyl (C=O) groups excluding carboxylic acids is 1. The average molecular weight is 379 g/mol. The van der Waals surface area contributed by atoms with E-state index in [4.69, 9.17) is 5.73 Å². The van der Waals surface area contributed by atoms with Crippen LogP contribution in [0.15, 0.2) is 71.9 Å². The molecule has 0 spiro atoms. The fraction of sp³-hybridized carbons (Fsp3) is 0.190. The topological polar surface area (TPSA) is 80.9 Å². The van der Waals surface area contributed by atoms with Crippen LogP contribution < -0.4 is 11.1 Å². The molecule has 3 rings (SSSR count). The van der Waals surface area contributed by atoms with Gasteiger partial charge in [-0.1, -0.05) is 72.4 Å². The van der Waals surface area contributed by atoms with Gasteiger partial charge in [-0.25, -0.2) is 9.97 Å². The summed E-state index contributed by atoms with van der Waals surface area (Å²) in [6.07, 6.45) is 0. The second-order valence-electron chi connectivity index (χ2n) is 6.24. The van der Waals surface area contributed by atoms with Crippen LogP contribution in [0.3, 0.4) is 0 Å². The molecule has 0 fully saturated rings. The number of aromatic nitrogens is 2. The van der Waals surface area contributed by atoms with Crippen molar-refractivity contribution in [2.45, 2.75) is 30.3 Å². The Morgan fingerprint density at radius 3 is 2.07 bits per heavy atom. The lowest BCUT2D eigenvalue weighted by atomic mass is 9.98. The van der Waals surface area contributed by atoms with E-state index >= 15 is 0 Å². The van der Waals surface area contributed by atoms with Crippen molar-refractivity contribution in [3.8, 4) is 0 Å². The zero-order valence-corrected chi connectivity index (χ0v) is 16.1. The number of benzene rings is 2. The first-order chi connectivity index (χ1) is 13.0. The van der Waals surface area contributed by atoms with Crippen LogP contribution in [0.1, 0.15) is 29.8 Å². The monoisotopic (exact) mass is 378 g/mol. The molecular weight excluding hydrogens is 356 g/mol. The van der Waals surface area contributed by atoms with E-state index in [1.807, 2.05) is 74.5 Å².